The molecule has 5 rings (SSSR count). The van der Waals surface area contributed by atoms with Gasteiger partial charge in [0.15, 0.2) is 0 Å². The Balaban J connectivity index is 1.36. The van der Waals surface area contributed by atoms with E-state index in [-0.39, 0.29) is 18.5 Å². The number of carbonyl (C=O) groups is 1. The number of thiazole rings is 1. The number of para-hydroxylation sites is 1. The lowest BCUT2D eigenvalue weighted by atomic mass is 10.0. The van der Waals surface area contributed by atoms with Crippen molar-refractivity contribution in [2.75, 3.05) is 6.54 Å². The van der Waals surface area contributed by atoms with Crippen LogP contribution in [0, 0.1) is 0 Å². The van der Waals surface area contributed by atoms with Crippen LogP contribution in [0.4, 0.5) is 0 Å². The van der Waals surface area contributed by atoms with Gasteiger partial charge in [-0.15, -0.1) is 32.9 Å². The Bertz CT molecular complexity index is 1070. The number of carbonyl (C=O) groups excluding carboxylic acids is 1. The highest BCUT2D eigenvalue weighted by Gasteiger charge is 2.30. The second kappa shape index (κ2) is 7.40. The number of aromatic nitrogens is 5. The smallest absolute Gasteiger partial charge is 0.246 e. The zero-order valence-corrected chi connectivity index (χ0v) is 16.7. The van der Waals surface area contributed by atoms with Gasteiger partial charge in [-0.1, -0.05) is 18.2 Å². The van der Waals surface area contributed by atoms with E-state index < -0.39 is 0 Å². The minimum absolute atomic E-state index is 0.0130. The first-order valence-corrected chi connectivity index (χ1v) is 10.9. The minimum atomic E-state index is 0.0130. The summed E-state index contributed by atoms with van der Waals surface area (Å²) >= 11 is 3.23. The highest BCUT2D eigenvalue weighted by atomic mass is 32.1. The quantitative estimate of drug-likeness (QED) is 0.512. The molecule has 0 bridgehead atoms. The van der Waals surface area contributed by atoms with Crippen LogP contribution in [0.5, 0.6) is 0 Å². The van der Waals surface area contributed by atoms with E-state index in [4.69, 9.17) is 4.98 Å². The molecule has 0 spiro atoms. The van der Waals surface area contributed by atoms with Gasteiger partial charge in [0, 0.05) is 6.54 Å². The molecule has 1 atom stereocenters. The maximum Gasteiger partial charge on any atom is 0.246 e. The fraction of sp³-hybridized carbons (Fsp3) is 0.316. The number of hydrogen-bond acceptors (Lipinski definition) is 7. The summed E-state index contributed by atoms with van der Waals surface area (Å²) in [5.74, 6) is 0.572. The number of fused-ring (bicyclic) bond motifs is 1. The molecule has 1 aromatic carbocycles. The second-order valence-electron chi connectivity index (χ2n) is 6.74. The van der Waals surface area contributed by atoms with E-state index in [1.165, 1.54) is 4.80 Å². The van der Waals surface area contributed by atoms with Gasteiger partial charge in [0.05, 0.1) is 21.1 Å². The molecule has 1 aliphatic rings. The van der Waals surface area contributed by atoms with Crippen LogP contribution in [0.2, 0.25) is 0 Å². The molecule has 1 fully saturated rings. The third kappa shape index (κ3) is 3.31. The second-order valence-corrected chi connectivity index (χ2v) is 8.75. The fourth-order valence-corrected chi connectivity index (χ4v) is 5.31. The molecule has 142 valence electrons. The number of amides is 1. The van der Waals surface area contributed by atoms with Gasteiger partial charge in [-0.25, -0.2) is 4.98 Å². The Morgan fingerprint density at radius 2 is 2.11 bits per heavy atom. The van der Waals surface area contributed by atoms with Crippen molar-refractivity contribution in [1.82, 2.24) is 30.1 Å². The summed E-state index contributed by atoms with van der Waals surface area (Å²) in [7, 11) is 0. The van der Waals surface area contributed by atoms with Crippen LogP contribution >= 0.6 is 22.7 Å². The van der Waals surface area contributed by atoms with Gasteiger partial charge in [-0.05, 0) is 48.1 Å². The molecule has 0 N–H and O–H groups in total. The number of piperidine rings is 1. The largest absolute Gasteiger partial charge is 0.332 e. The molecule has 1 saturated heterocycles. The molecule has 0 saturated carbocycles. The lowest BCUT2D eigenvalue weighted by Crippen LogP contribution is -2.40. The standard InChI is InChI=1S/C19H18N6OS2/c26-17(12-25-22-18(21-23-25)16-9-5-11-27-16)24-10-4-3-7-14(24)19-20-13-6-1-2-8-15(13)28-19/h1-2,5-6,8-9,11,14H,3-4,7,10,12H2/t14-/m0/s1. The zero-order valence-electron chi connectivity index (χ0n) is 15.1. The lowest BCUT2D eigenvalue weighted by Gasteiger charge is -2.34. The van der Waals surface area contributed by atoms with Gasteiger partial charge in [0.1, 0.15) is 11.6 Å². The van der Waals surface area contributed by atoms with E-state index in [1.54, 1.807) is 22.7 Å². The van der Waals surface area contributed by atoms with Crippen molar-refractivity contribution in [1.29, 1.82) is 0 Å². The average molecular weight is 411 g/mol. The zero-order chi connectivity index (χ0) is 18.9. The monoisotopic (exact) mass is 410 g/mol. The van der Waals surface area contributed by atoms with Gasteiger partial charge >= 0.3 is 0 Å². The first kappa shape index (κ1) is 17.4. The van der Waals surface area contributed by atoms with Gasteiger partial charge in [-0.3, -0.25) is 4.79 Å². The topological polar surface area (TPSA) is 76.8 Å². The van der Waals surface area contributed by atoms with Crippen molar-refractivity contribution < 1.29 is 4.79 Å². The summed E-state index contributed by atoms with van der Waals surface area (Å²) in [5, 5.41) is 15.5. The Morgan fingerprint density at radius 3 is 2.96 bits per heavy atom. The molecule has 1 aliphatic heterocycles. The Hall–Kier alpha value is -2.65. The maximum atomic E-state index is 13.0. The molecule has 9 heteroatoms. The van der Waals surface area contributed by atoms with Crippen molar-refractivity contribution in [3.8, 4) is 10.7 Å². The predicted molar refractivity (Wildman–Crippen MR) is 109 cm³/mol. The Labute approximate surface area is 169 Å². The predicted octanol–water partition coefficient (Wildman–Crippen LogP) is 3.77. The van der Waals surface area contributed by atoms with Crippen LogP contribution in [-0.2, 0) is 11.3 Å². The van der Waals surface area contributed by atoms with E-state index in [2.05, 4.69) is 21.5 Å². The number of likely N-dealkylation sites (tertiary alicyclic amines) is 1. The summed E-state index contributed by atoms with van der Waals surface area (Å²) in [6, 6.07) is 12.0. The van der Waals surface area contributed by atoms with Crippen LogP contribution in [0.3, 0.4) is 0 Å². The van der Waals surface area contributed by atoms with E-state index in [1.807, 2.05) is 40.6 Å². The van der Waals surface area contributed by atoms with Crippen molar-refractivity contribution in [3.63, 3.8) is 0 Å². The number of tetrazole rings is 1. The summed E-state index contributed by atoms with van der Waals surface area (Å²) < 4.78 is 1.16. The van der Waals surface area contributed by atoms with Gasteiger partial charge < -0.3 is 4.90 Å². The summed E-state index contributed by atoms with van der Waals surface area (Å²) in [6.07, 6.45) is 3.06. The molecular weight excluding hydrogens is 392 g/mol. The molecule has 0 radical (unpaired) electrons. The Kier molecular flexibility index (Phi) is 4.61. The molecule has 1 amide bonds. The van der Waals surface area contributed by atoms with E-state index in [0.717, 1.165) is 45.9 Å². The average Bonchev–Trinajstić information content (AvgIpc) is 3.47. The molecule has 7 nitrogen and oxygen atoms in total. The van der Waals surface area contributed by atoms with Crippen LogP contribution in [-0.4, -0.2) is 42.5 Å². The Morgan fingerprint density at radius 1 is 1.18 bits per heavy atom. The number of thiophene rings is 1. The fourth-order valence-electron chi connectivity index (χ4n) is 3.55. The number of benzene rings is 1. The number of rotatable bonds is 4. The van der Waals surface area contributed by atoms with Crippen LogP contribution in [0.15, 0.2) is 41.8 Å². The molecule has 0 unspecified atom stereocenters. The van der Waals surface area contributed by atoms with Gasteiger partial charge in [0.2, 0.25) is 11.7 Å². The summed E-state index contributed by atoms with van der Waals surface area (Å²) in [4.78, 5) is 22.1. The van der Waals surface area contributed by atoms with Crippen molar-refractivity contribution in [2.45, 2.75) is 31.8 Å². The highest BCUT2D eigenvalue weighted by molar-refractivity contribution is 7.18. The molecule has 0 aliphatic carbocycles. The first-order valence-electron chi connectivity index (χ1n) is 9.24. The van der Waals surface area contributed by atoms with Gasteiger partial charge in [0.25, 0.3) is 0 Å². The first-order chi connectivity index (χ1) is 13.8. The van der Waals surface area contributed by atoms with E-state index in [0.29, 0.717) is 5.82 Å². The number of nitrogens with zero attached hydrogens (tertiary/aromatic N) is 6. The summed E-state index contributed by atoms with van der Waals surface area (Å²) in [5.41, 5.74) is 0.999. The van der Waals surface area contributed by atoms with Crippen LogP contribution in [0.1, 0.15) is 30.3 Å². The van der Waals surface area contributed by atoms with Gasteiger partial charge in [-0.2, -0.15) is 4.80 Å². The van der Waals surface area contributed by atoms with E-state index >= 15 is 0 Å². The summed E-state index contributed by atoms with van der Waals surface area (Å²) in [6.45, 7) is 0.839. The van der Waals surface area contributed by atoms with Crippen molar-refractivity contribution in [3.05, 3.63) is 46.8 Å². The minimum Gasteiger partial charge on any atom is -0.332 e. The maximum absolute atomic E-state index is 13.0. The SMILES string of the molecule is O=C(Cn1nnc(-c2cccs2)n1)N1CCCC[C@H]1c1nc2ccccc2s1. The van der Waals surface area contributed by atoms with Crippen molar-refractivity contribution >= 4 is 38.8 Å². The normalized spacial score (nSPS) is 17.3. The molecule has 3 aromatic heterocycles. The third-order valence-corrected chi connectivity index (χ3v) is 6.89. The van der Waals surface area contributed by atoms with E-state index in [9.17, 15) is 4.79 Å². The molecular formula is C19H18N6OS2. The molecule has 4 aromatic rings. The van der Waals surface area contributed by atoms with Crippen molar-refractivity contribution in [2.24, 2.45) is 0 Å². The number of hydrogen-bond donors (Lipinski definition) is 0. The van der Waals surface area contributed by atoms with Crippen LogP contribution < -0.4 is 0 Å². The lowest BCUT2D eigenvalue weighted by molar-refractivity contribution is -0.136. The third-order valence-electron chi connectivity index (χ3n) is 4.89. The molecule has 28 heavy (non-hydrogen) atoms. The van der Waals surface area contributed by atoms with Crippen LogP contribution in [0.25, 0.3) is 20.9 Å². The molecule has 4 heterocycles. The highest BCUT2D eigenvalue weighted by Crippen LogP contribution is 2.35.